The van der Waals surface area contributed by atoms with Crippen LogP contribution in [-0.2, 0) is 14.9 Å². The fourth-order valence-corrected chi connectivity index (χ4v) is 4.99. The molecule has 1 fully saturated rings. The maximum absolute atomic E-state index is 15.0. The van der Waals surface area contributed by atoms with Gasteiger partial charge in [0.15, 0.2) is 6.10 Å². The Labute approximate surface area is 187 Å². The van der Waals surface area contributed by atoms with E-state index in [1.807, 2.05) is 0 Å². The predicted molar refractivity (Wildman–Crippen MR) is 110 cm³/mol. The van der Waals surface area contributed by atoms with Gasteiger partial charge in [0.05, 0.1) is 30.8 Å². The van der Waals surface area contributed by atoms with E-state index in [-0.39, 0.29) is 36.5 Å². The van der Waals surface area contributed by atoms with Gasteiger partial charge >= 0.3 is 0 Å². The average molecular weight is 489 g/mol. The summed E-state index contributed by atoms with van der Waals surface area (Å²) in [5.74, 6) is -3.94. The van der Waals surface area contributed by atoms with Gasteiger partial charge in [0, 0.05) is 23.7 Å². The first-order chi connectivity index (χ1) is 15.4. The summed E-state index contributed by atoms with van der Waals surface area (Å²) in [5, 5.41) is 3.87. The second-order valence-electron chi connectivity index (χ2n) is 8.35. The second-order valence-corrected chi connectivity index (χ2v) is 10.1. The smallest absolute Gasteiger partial charge is 0.209 e. The van der Waals surface area contributed by atoms with E-state index in [1.54, 1.807) is 0 Å². The van der Waals surface area contributed by atoms with Crippen molar-refractivity contribution in [2.75, 3.05) is 19.3 Å². The molecule has 0 amide bonds. The Balaban J connectivity index is 1.63. The van der Waals surface area contributed by atoms with Crippen LogP contribution in [-0.4, -0.2) is 50.2 Å². The minimum atomic E-state index is -3.68. The molecule has 4 rings (SSSR count). The van der Waals surface area contributed by atoms with E-state index in [1.165, 1.54) is 11.8 Å². The van der Waals surface area contributed by atoms with Gasteiger partial charge in [-0.3, -0.25) is 0 Å². The highest BCUT2D eigenvalue weighted by atomic mass is 32.2. The van der Waals surface area contributed by atoms with Crippen molar-refractivity contribution in [2.45, 2.75) is 31.2 Å². The largest absolute Gasteiger partial charge is 0.386 e. The lowest BCUT2D eigenvalue weighted by atomic mass is 9.93. The molecular formula is C21H20F5N3O3S. The predicted octanol–water partition coefficient (Wildman–Crippen LogP) is 3.65. The molecule has 0 bridgehead atoms. The maximum Gasteiger partial charge on any atom is 0.209 e. The molecule has 2 aromatic carbocycles. The molecule has 2 aromatic rings. The highest BCUT2D eigenvalue weighted by molar-refractivity contribution is 7.88. The van der Waals surface area contributed by atoms with Crippen molar-refractivity contribution in [3.63, 3.8) is 0 Å². The average Bonchev–Trinajstić information content (AvgIpc) is 3.25. The number of rotatable bonds is 4. The standard InChI is InChI=1S/C21H20F5N3O3S/c1-21(26)10-29(9-17(21)28-33(2,30)31)18-8-16(32-27-18)20-12(6-11(22)7-15(20)25)19-13(23)4-3-5-14(19)24/h3-7,16-17,28H,8-10H2,1-2H3/t16-,17+,21-/m0/s1. The summed E-state index contributed by atoms with van der Waals surface area (Å²) in [6, 6.07) is 3.37. The Kier molecular flexibility index (Phi) is 5.85. The Bertz CT molecular complexity index is 1220. The monoisotopic (exact) mass is 489 g/mol. The van der Waals surface area contributed by atoms with Gasteiger partial charge in [-0.1, -0.05) is 11.2 Å². The van der Waals surface area contributed by atoms with E-state index in [4.69, 9.17) is 4.84 Å². The van der Waals surface area contributed by atoms with Crippen molar-refractivity contribution in [2.24, 2.45) is 5.16 Å². The van der Waals surface area contributed by atoms with Crippen LogP contribution >= 0.6 is 0 Å². The van der Waals surface area contributed by atoms with Crippen LogP contribution in [0.3, 0.4) is 0 Å². The second kappa shape index (κ2) is 8.24. The van der Waals surface area contributed by atoms with E-state index in [0.29, 0.717) is 6.07 Å². The number of halogens is 5. The molecule has 2 heterocycles. The molecule has 2 aliphatic rings. The maximum atomic E-state index is 15.0. The van der Waals surface area contributed by atoms with Crippen molar-refractivity contribution in [3.8, 4) is 11.1 Å². The number of sulfonamides is 1. The summed E-state index contributed by atoms with van der Waals surface area (Å²) in [4.78, 5) is 6.76. The molecule has 178 valence electrons. The number of oxime groups is 1. The number of benzene rings is 2. The zero-order valence-corrected chi connectivity index (χ0v) is 18.4. The summed E-state index contributed by atoms with van der Waals surface area (Å²) in [6.45, 7) is 0.966. The van der Waals surface area contributed by atoms with Crippen LogP contribution in [0.5, 0.6) is 0 Å². The van der Waals surface area contributed by atoms with E-state index >= 15 is 0 Å². The molecule has 1 saturated heterocycles. The summed E-state index contributed by atoms with van der Waals surface area (Å²) in [7, 11) is -3.68. The van der Waals surface area contributed by atoms with Crippen molar-refractivity contribution in [3.05, 3.63) is 59.2 Å². The third-order valence-electron chi connectivity index (χ3n) is 5.65. The number of nitrogens with one attached hydrogen (secondary N) is 1. The molecule has 0 spiro atoms. The summed E-state index contributed by atoms with van der Waals surface area (Å²) in [6.07, 6.45) is -0.353. The van der Waals surface area contributed by atoms with Crippen LogP contribution in [0.4, 0.5) is 22.0 Å². The van der Waals surface area contributed by atoms with Crippen LogP contribution in [0.2, 0.25) is 0 Å². The first-order valence-electron chi connectivity index (χ1n) is 9.93. The Morgan fingerprint density at radius 2 is 1.82 bits per heavy atom. The molecular weight excluding hydrogens is 469 g/mol. The Morgan fingerprint density at radius 3 is 2.45 bits per heavy atom. The molecule has 33 heavy (non-hydrogen) atoms. The molecule has 0 unspecified atom stereocenters. The highest BCUT2D eigenvalue weighted by Crippen LogP contribution is 2.40. The van der Waals surface area contributed by atoms with Crippen molar-refractivity contribution < 1.29 is 35.2 Å². The zero-order valence-electron chi connectivity index (χ0n) is 17.6. The molecule has 6 nitrogen and oxygen atoms in total. The lowest BCUT2D eigenvalue weighted by molar-refractivity contribution is 0.0831. The summed E-state index contributed by atoms with van der Waals surface area (Å²) in [5.41, 5.74) is -3.20. The molecule has 0 aliphatic carbocycles. The molecule has 0 radical (unpaired) electrons. The zero-order chi connectivity index (χ0) is 24.1. The van der Waals surface area contributed by atoms with Gasteiger partial charge in [-0.25, -0.2) is 35.1 Å². The number of hydrogen-bond donors (Lipinski definition) is 1. The number of alkyl halides is 1. The van der Waals surface area contributed by atoms with Crippen LogP contribution in [0, 0.1) is 23.3 Å². The minimum absolute atomic E-state index is 0.0598. The van der Waals surface area contributed by atoms with Gasteiger partial charge in [0.2, 0.25) is 10.0 Å². The van der Waals surface area contributed by atoms with Gasteiger partial charge < -0.3 is 9.74 Å². The lowest BCUT2D eigenvalue weighted by Crippen LogP contribution is -2.47. The fraction of sp³-hybridized carbons (Fsp3) is 0.381. The molecule has 3 atom stereocenters. The van der Waals surface area contributed by atoms with Gasteiger partial charge in [0.25, 0.3) is 0 Å². The number of hydrogen-bond acceptors (Lipinski definition) is 5. The Hall–Kier alpha value is -2.73. The quantitative estimate of drug-likeness (QED) is 0.666. The van der Waals surface area contributed by atoms with Gasteiger partial charge in [-0.15, -0.1) is 0 Å². The third-order valence-corrected chi connectivity index (χ3v) is 6.37. The van der Waals surface area contributed by atoms with Gasteiger partial charge in [-0.2, -0.15) is 0 Å². The number of nitrogens with zero attached hydrogens (tertiary/aromatic N) is 2. The van der Waals surface area contributed by atoms with Crippen LogP contribution in [0.25, 0.3) is 11.1 Å². The minimum Gasteiger partial charge on any atom is -0.386 e. The number of amidine groups is 1. The van der Waals surface area contributed by atoms with E-state index in [9.17, 15) is 30.4 Å². The summed E-state index contributed by atoms with van der Waals surface area (Å²) >= 11 is 0. The van der Waals surface area contributed by atoms with Crippen molar-refractivity contribution in [1.82, 2.24) is 9.62 Å². The van der Waals surface area contributed by atoms with Crippen LogP contribution in [0.1, 0.15) is 25.0 Å². The van der Waals surface area contributed by atoms with E-state index in [2.05, 4.69) is 9.88 Å². The third kappa shape index (κ3) is 4.67. The Morgan fingerprint density at radius 1 is 1.15 bits per heavy atom. The molecule has 0 saturated carbocycles. The van der Waals surface area contributed by atoms with Gasteiger partial charge in [0.1, 0.15) is 34.8 Å². The molecule has 1 N–H and O–H groups in total. The van der Waals surface area contributed by atoms with Crippen LogP contribution < -0.4 is 4.72 Å². The highest BCUT2D eigenvalue weighted by Gasteiger charge is 2.47. The van der Waals surface area contributed by atoms with E-state index in [0.717, 1.165) is 30.5 Å². The molecule has 2 aliphatic heterocycles. The van der Waals surface area contributed by atoms with Crippen LogP contribution in [0.15, 0.2) is 35.5 Å². The first kappa shape index (κ1) is 23.4. The van der Waals surface area contributed by atoms with Crippen molar-refractivity contribution >= 4 is 15.9 Å². The number of likely N-dealkylation sites (tertiary alicyclic amines) is 1. The van der Waals surface area contributed by atoms with E-state index < -0.39 is 56.7 Å². The summed E-state index contributed by atoms with van der Waals surface area (Å²) < 4.78 is 97.9. The fourth-order valence-electron chi connectivity index (χ4n) is 4.15. The normalized spacial score (nSPS) is 25.3. The SMILES string of the molecule is C[C@]1(F)CN(C2=NO[C@H](c3c(F)cc(F)cc3-c3c(F)cccc3F)C2)C[C@H]1NS(C)(=O)=O. The lowest BCUT2D eigenvalue weighted by Gasteiger charge is -2.20. The van der Waals surface area contributed by atoms with Gasteiger partial charge in [-0.05, 0) is 25.1 Å². The molecule has 12 heteroatoms. The first-order valence-corrected chi connectivity index (χ1v) is 11.8. The van der Waals surface area contributed by atoms with Crippen molar-refractivity contribution in [1.29, 1.82) is 0 Å². The molecule has 0 aromatic heterocycles. The topological polar surface area (TPSA) is 71.0 Å².